The Morgan fingerprint density at radius 3 is 2.48 bits per heavy atom. The van der Waals surface area contributed by atoms with Gasteiger partial charge in [0.2, 0.25) is 0 Å². The summed E-state index contributed by atoms with van der Waals surface area (Å²) in [5.41, 5.74) is 1.36. The molecule has 0 aliphatic carbocycles. The summed E-state index contributed by atoms with van der Waals surface area (Å²) in [4.78, 5) is 12.3. The molecule has 0 aromatic heterocycles. The fraction of sp³-hybridized carbons (Fsp3) is 0.250. The van der Waals surface area contributed by atoms with Gasteiger partial charge in [-0.3, -0.25) is 10.1 Å². The van der Waals surface area contributed by atoms with Gasteiger partial charge in [0.1, 0.15) is 0 Å². The highest BCUT2D eigenvalue weighted by molar-refractivity contribution is 7.99. The smallest absolute Gasteiger partial charge is 0.283 e. The zero-order valence-corrected chi connectivity index (χ0v) is 12.9. The molecular formula is C16H18N2O2S. The van der Waals surface area contributed by atoms with Gasteiger partial charge in [-0.25, -0.2) is 0 Å². The third-order valence-electron chi connectivity index (χ3n) is 3.18. The molecule has 1 atom stereocenters. The number of hydrogen-bond acceptors (Lipinski definition) is 4. The summed E-state index contributed by atoms with van der Waals surface area (Å²) >= 11 is 1.41. The van der Waals surface area contributed by atoms with Crippen molar-refractivity contribution < 1.29 is 4.92 Å². The van der Waals surface area contributed by atoms with E-state index < -0.39 is 0 Å². The van der Waals surface area contributed by atoms with E-state index in [0.29, 0.717) is 10.9 Å². The molecule has 0 radical (unpaired) electrons. The summed E-state index contributed by atoms with van der Waals surface area (Å²) in [6.45, 7) is 5.12. The van der Waals surface area contributed by atoms with Gasteiger partial charge in [0.15, 0.2) is 0 Å². The molecule has 1 unspecified atom stereocenters. The van der Waals surface area contributed by atoms with Crippen molar-refractivity contribution in [1.82, 2.24) is 5.32 Å². The van der Waals surface area contributed by atoms with Gasteiger partial charge in [0.05, 0.1) is 9.82 Å². The van der Waals surface area contributed by atoms with Crippen molar-refractivity contribution in [1.29, 1.82) is 0 Å². The van der Waals surface area contributed by atoms with Crippen molar-refractivity contribution in [2.45, 2.75) is 29.7 Å². The number of hydrogen-bond donors (Lipinski definition) is 1. The Bertz CT molecular complexity index is 614. The number of nitro groups is 1. The lowest BCUT2D eigenvalue weighted by atomic mass is 10.1. The summed E-state index contributed by atoms with van der Waals surface area (Å²) in [6, 6.07) is 15.2. The molecule has 0 saturated heterocycles. The standard InChI is InChI=1S/C16H18N2O2S/c1-3-17-12(2)13-8-10-14(11-9-13)21-16-7-5-4-6-15(16)18(19)20/h4-12,17H,3H2,1-2H3. The van der Waals surface area contributed by atoms with Gasteiger partial charge in [-0.1, -0.05) is 43.0 Å². The van der Waals surface area contributed by atoms with Crippen molar-refractivity contribution >= 4 is 17.4 Å². The van der Waals surface area contributed by atoms with Crippen LogP contribution in [0.25, 0.3) is 0 Å². The highest BCUT2D eigenvalue weighted by Gasteiger charge is 2.13. The molecule has 0 spiro atoms. The molecule has 0 heterocycles. The summed E-state index contributed by atoms with van der Waals surface area (Å²) in [5, 5.41) is 14.4. The Kier molecular flexibility index (Phi) is 5.36. The number of rotatable bonds is 6. The van der Waals surface area contributed by atoms with Crippen molar-refractivity contribution in [2.24, 2.45) is 0 Å². The molecule has 2 aromatic rings. The fourth-order valence-electron chi connectivity index (χ4n) is 2.07. The van der Waals surface area contributed by atoms with E-state index in [-0.39, 0.29) is 10.6 Å². The van der Waals surface area contributed by atoms with Gasteiger partial charge in [0, 0.05) is 17.0 Å². The minimum absolute atomic E-state index is 0.146. The predicted octanol–water partition coefficient (Wildman–Crippen LogP) is 4.42. The molecule has 1 N–H and O–H groups in total. The maximum Gasteiger partial charge on any atom is 0.283 e. The number of para-hydroxylation sites is 1. The van der Waals surface area contributed by atoms with E-state index in [1.807, 2.05) is 18.2 Å². The van der Waals surface area contributed by atoms with Crippen molar-refractivity contribution in [3.8, 4) is 0 Å². The topological polar surface area (TPSA) is 55.2 Å². The maximum absolute atomic E-state index is 11.0. The Morgan fingerprint density at radius 1 is 1.19 bits per heavy atom. The van der Waals surface area contributed by atoms with E-state index in [9.17, 15) is 10.1 Å². The van der Waals surface area contributed by atoms with Crippen LogP contribution in [0.3, 0.4) is 0 Å². The zero-order chi connectivity index (χ0) is 15.2. The molecule has 2 aromatic carbocycles. The summed E-state index contributed by atoms with van der Waals surface area (Å²) < 4.78 is 0. The van der Waals surface area contributed by atoms with Gasteiger partial charge < -0.3 is 5.32 Å². The van der Waals surface area contributed by atoms with E-state index in [1.165, 1.54) is 23.4 Å². The van der Waals surface area contributed by atoms with Crippen LogP contribution in [0.2, 0.25) is 0 Å². The Hall–Kier alpha value is -1.85. The lowest BCUT2D eigenvalue weighted by Gasteiger charge is -2.13. The first-order valence-electron chi connectivity index (χ1n) is 6.86. The van der Waals surface area contributed by atoms with Crippen molar-refractivity contribution in [3.05, 3.63) is 64.2 Å². The molecule has 4 nitrogen and oxygen atoms in total. The highest BCUT2D eigenvalue weighted by Crippen LogP contribution is 2.34. The number of nitro benzene ring substituents is 1. The van der Waals surface area contributed by atoms with Crippen molar-refractivity contribution in [2.75, 3.05) is 6.54 Å². The molecule has 2 rings (SSSR count). The van der Waals surface area contributed by atoms with E-state index in [2.05, 4.69) is 31.3 Å². The lowest BCUT2D eigenvalue weighted by Crippen LogP contribution is -2.17. The SMILES string of the molecule is CCNC(C)c1ccc(Sc2ccccc2[N+](=O)[O-])cc1. The van der Waals surface area contributed by atoms with Gasteiger partial charge in [-0.2, -0.15) is 0 Å². The number of nitrogens with one attached hydrogen (secondary N) is 1. The highest BCUT2D eigenvalue weighted by atomic mass is 32.2. The minimum atomic E-state index is -0.343. The molecule has 0 aliphatic rings. The Labute approximate surface area is 128 Å². The molecule has 0 amide bonds. The normalized spacial score (nSPS) is 12.1. The molecular weight excluding hydrogens is 284 g/mol. The first-order chi connectivity index (χ1) is 10.1. The maximum atomic E-state index is 11.0. The van der Waals surface area contributed by atoms with Crippen LogP contribution in [-0.2, 0) is 0 Å². The largest absolute Gasteiger partial charge is 0.310 e. The zero-order valence-electron chi connectivity index (χ0n) is 12.1. The van der Waals surface area contributed by atoms with Gasteiger partial charge in [-0.05, 0) is 37.2 Å². The van der Waals surface area contributed by atoms with Crippen LogP contribution in [0, 0.1) is 10.1 Å². The third kappa shape index (κ3) is 4.06. The second kappa shape index (κ2) is 7.24. The molecule has 0 aliphatic heterocycles. The van der Waals surface area contributed by atoms with Gasteiger partial charge in [-0.15, -0.1) is 0 Å². The quantitative estimate of drug-likeness (QED) is 0.634. The summed E-state index contributed by atoms with van der Waals surface area (Å²) in [5.74, 6) is 0. The average Bonchev–Trinajstić information content (AvgIpc) is 2.48. The second-order valence-electron chi connectivity index (χ2n) is 4.68. The fourth-order valence-corrected chi connectivity index (χ4v) is 2.99. The second-order valence-corrected chi connectivity index (χ2v) is 5.79. The van der Waals surface area contributed by atoms with Crippen LogP contribution in [-0.4, -0.2) is 11.5 Å². The van der Waals surface area contributed by atoms with Crippen LogP contribution in [0.15, 0.2) is 58.3 Å². The molecule has 5 heteroatoms. The molecule has 110 valence electrons. The molecule has 21 heavy (non-hydrogen) atoms. The Morgan fingerprint density at radius 2 is 1.86 bits per heavy atom. The monoisotopic (exact) mass is 302 g/mol. The van der Waals surface area contributed by atoms with E-state index in [0.717, 1.165) is 11.4 Å². The van der Waals surface area contributed by atoms with Crippen LogP contribution in [0.1, 0.15) is 25.5 Å². The van der Waals surface area contributed by atoms with Crippen LogP contribution in [0.4, 0.5) is 5.69 Å². The van der Waals surface area contributed by atoms with E-state index >= 15 is 0 Å². The molecule has 0 saturated carbocycles. The van der Waals surface area contributed by atoms with E-state index in [4.69, 9.17) is 0 Å². The summed E-state index contributed by atoms with van der Waals surface area (Å²) in [7, 11) is 0. The molecule has 0 fully saturated rings. The third-order valence-corrected chi connectivity index (χ3v) is 4.25. The van der Waals surface area contributed by atoms with Crippen molar-refractivity contribution in [3.63, 3.8) is 0 Å². The number of benzene rings is 2. The Balaban J connectivity index is 2.16. The van der Waals surface area contributed by atoms with Crippen LogP contribution >= 0.6 is 11.8 Å². The minimum Gasteiger partial charge on any atom is -0.310 e. The lowest BCUT2D eigenvalue weighted by molar-refractivity contribution is -0.387. The predicted molar refractivity (Wildman–Crippen MR) is 85.8 cm³/mol. The summed E-state index contributed by atoms with van der Waals surface area (Å²) in [6.07, 6.45) is 0. The van der Waals surface area contributed by atoms with Gasteiger partial charge in [0.25, 0.3) is 5.69 Å². The first-order valence-corrected chi connectivity index (χ1v) is 7.68. The van der Waals surface area contributed by atoms with Gasteiger partial charge >= 0.3 is 0 Å². The first kappa shape index (κ1) is 15.5. The average molecular weight is 302 g/mol. The molecule has 0 bridgehead atoms. The van der Waals surface area contributed by atoms with E-state index in [1.54, 1.807) is 12.1 Å². The van der Waals surface area contributed by atoms with Crippen LogP contribution < -0.4 is 5.32 Å². The van der Waals surface area contributed by atoms with Crippen LogP contribution in [0.5, 0.6) is 0 Å². The number of nitrogens with zero attached hydrogens (tertiary/aromatic N) is 1.